The van der Waals surface area contributed by atoms with Crippen LogP contribution in [0.25, 0.3) is 0 Å². The first-order valence-corrected chi connectivity index (χ1v) is 9.09. The average molecular weight is 375 g/mol. The molecule has 1 aromatic carbocycles. The van der Waals surface area contributed by atoms with Crippen LogP contribution in [0.3, 0.4) is 0 Å². The lowest BCUT2D eigenvalue weighted by Gasteiger charge is -2.26. The predicted molar refractivity (Wildman–Crippen MR) is 101 cm³/mol. The van der Waals surface area contributed by atoms with Gasteiger partial charge >= 0.3 is 11.9 Å². The minimum absolute atomic E-state index is 0.179. The van der Waals surface area contributed by atoms with Crippen LogP contribution in [0, 0.1) is 23.2 Å². The van der Waals surface area contributed by atoms with Gasteiger partial charge < -0.3 is 14.2 Å². The maximum atomic E-state index is 12.3. The molecule has 0 aliphatic rings. The van der Waals surface area contributed by atoms with E-state index in [1.54, 1.807) is 24.3 Å². The van der Waals surface area contributed by atoms with Crippen LogP contribution in [-0.4, -0.2) is 32.3 Å². The summed E-state index contributed by atoms with van der Waals surface area (Å²) >= 11 is 0. The van der Waals surface area contributed by atoms with Crippen LogP contribution >= 0.6 is 0 Å². The molecule has 0 bridgehead atoms. The Morgan fingerprint density at radius 2 is 1.56 bits per heavy atom. The average Bonchev–Trinajstić information content (AvgIpc) is 2.64. The molecular formula is C21H29NO5. The molecule has 0 radical (unpaired) electrons. The molecule has 0 fully saturated rings. The highest BCUT2D eigenvalue weighted by molar-refractivity contribution is 5.77. The third-order valence-corrected chi connectivity index (χ3v) is 3.88. The molecule has 0 heterocycles. The number of rotatable bonds is 10. The first kappa shape index (κ1) is 22.5. The van der Waals surface area contributed by atoms with Gasteiger partial charge in [0.1, 0.15) is 11.2 Å². The second-order valence-corrected chi connectivity index (χ2v) is 7.43. The molecule has 1 aromatic rings. The van der Waals surface area contributed by atoms with Crippen molar-refractivity contribution in [3.63, 3.8) is 0 Å². The summed E-state index contributed by atoms with van der Waals surface area (Å²) in [5, 5.41) is 9.94. The number of carbonyl (C=O) groups is 2. The van der Waals surface area contributed by atoms with Crippen molar-refractivity contribution in [3.05, 3.63) is 29.8 Å². The molecule has 0 saturated heterocycles. The van der Waals surface area contributed by atoms with E-state index in [4.69, 9.17) is 14.2 Å². The van der Waals surface area contributed by atoms with E-state index in [0.717, 1.165) is 0 Å². The van der Waals surface area contributed by atoms with E-state index < -0.39 is 17.4 Å². The molecule has 27 heavy (non-hydrogen) atoms. The number of esters is 2. The lowest BCUT2D eigenvalue weighted by Crippen LogP contribution is -2.33. The van der Waals surface area contributed by atoms with Crippen LogP contribution in [-0.2, 0) is 24.5 Å². The Labute approximate surface area is 161 Å². The van der Waals surface area contributed by atoms with Gasteiger partial charge in [-0.05, 0) is 29.5 Å². The highest BCUT2D eigenvalue weighted by Crippen LogP contribution is 2.34. The second-order valence-electron chi connectivity index (χ2n) is 7.43. The molecule has 0 spiro atoms. The summed E-state index contributed by atoms with van der Waals surface area (Å²) in [7, 11) is 1.51. The van der Waals surface area contributed by atoms with Gasteiger partial charge in [0.2, 0.25) is 0 Å². The van der Waals surface area contributed by atoms with Gasteiger partial charge in [-0.3, -0.25) is 9.59 Å². The van der Waals surface area contributed by atoms with Crippen molar-refractivity contribution in [2.45, 2.75) is 46.0 Å². The standard InChI is InChI=1S/C21H29NO5/c1-15(2)12-26-19(23)10-21(14-22,11-20(24)27-13-16(3)4)17-7-6-8-18(9-17)25-5/h6-9,15-16H,10-13H2,1-5H3. The first-order chi connectivity index (χ1) is 12.7. The van der Waals surface area contributed by atoms with Crippen LogP contribution in [0.1, 0.15) is 46.1 Å². The Morgan fingerprint density at radius 3 is 1.96 bits per heavy atom. The van der Waals surface area contributed by atoms with Crippen molar-refractivity contribution in [2.24, 2.45) is 11.8 Å². The molecule has 148 valence electrons. The van der Waals surface area contributed by atoms with E-state index >= 15 is 0 Å². The zero-order chi connectivity index (χ0) is 20.4. The third-order valence-electron chi connectivity index (χ3n) is 3.88. The van der Waals surface area contributed by atoms with Gasteiger partial charge in [-0.15, -0.1) is 0 Å². The highest BCUT2D eigenvalue weighted by Gasteiger charge is 2.39. The topological polar surface area (TPSA) is 85.6 Å². The normalized spacial score (nSPS) is 11.2. The smallest absolute Gasteiger partial charge is 0.307 e. The summed E-state index contributed by atoms with van der Waals surface area (Å²) < 4.78 is 15.7. The SMILES string of the molecule is COc1cccc(C(C#N)(CC(=O)OCC(C)C)CC(=O)OCC(C)C)c1. The Hall–Kier alpha value is -2.55. The number of methoxy groups -OCH3 is 1. The predicted octanol–water partition coefficient (Wildman–Crippen LogP) is 3.64. The first-order valence-electron chi connectivity index (χ1n) is 9.09. The fourth-order valence-electron chi connectivity index (χ4n) is 2.45. The monoisotopic (exact) mass is 375 g/mol. The van der Waals surface area contributed by atoms with Crippen molar-refractivity contribution in [1.82, 2.24) is 0 Å². The van der Waals surface area contributed by atoms with Crippen LogP contribution in [0.5, 0.6) is 5.75 Å². The molecule has 0 unspecified atom stereocenters. The molecule has 0 saturated carbocycles. The summed E-state index contributed by atoms with van der Waals surface area (Å²) in [4.78, 5) is 24.7. The molecule has 0 aliphatic carbocycles. The van der Waals surface area contributed by atoms with Crippen LogP contribution in [0.2, 0.25) is 0 Å². The summed E-state index contributed by atoms with van der Waals surface area (Å²) in [5.41, 5.74) is -0.858. The Kier molecular flexibility index (Phi) is 8.80. The number of hydrogen-bond donors (Lipinski definition) is 0. The van der Waals surface area contributed by atoms with E-state index in [-0.39, 0.29) is 37.9 Å². The highest BCUT2D eigenvalue weighted by atomic mass is 16.5. The summed E-state index contributed by atoms with van der Waals surface area (Å²) in [5.74, 6) is -0.149. The Balaban J connectivity index is 3.13. The Bertz CT molecular complexity index is 649. The van der Waals surface area contributed by atoms with Crippen molar-refractivity contribution >= 4 is 11.9 Å². The molecule has 0 N–H and O–H groups in total. The maximum Gasteiger partial charge on any atom is 0.307 e. The molecule has 0 aliphatic heterocycles. The second kappa shape index (κ2) is 10.6. The van der Waals surface area contributed by atoms with Gasteiger partial charge in [-0.2, -0.15) is 5.26 Å². The van der Waals surface area contributed by atoms with Gasteiger partial charge in [0, 0.05) is 0 Å². The molecule has 1 rings (SSSR count). The van der Waals surface area contributed by atoms with Crippen LogP contribution in [0.15, 0.2) is 24.3 Å². The third kappa shape index (κ3) is 7.30. The van der Waals surface area contributed by atoms with Crippen LogP contribution < -0.4 is 4.74 Å². The van der Waals surface area contributed by atoms with Gasteiger partial charge in [0.05, 0.1) is 39.2 Å². The minimum Gasteiger partial charge on any atom is -0.497 e. The number of carbonyl (C=O) groups excluding carboxylic acids is 2. The molecule has 6 heteroatoms. The van der Waals surface area contributed by atoms with Crippen LogP contribution in [0.4, 0.5) is 0 Å². The molecule has 0 atom stereocenters. The van der Waals surface area contributed by atoms with E-state index in [1.807, 2.05) is 27.7 Å². The number of hydrogen-bond acceptors (Lipinski definition) is 6. The fraction of sp³-hybridized carbons (Fsp3) is 0.571. The molecule has 0 aromatic heterocycles. The number of nitrogens with zero attached hydrogens (tertiary/aromatic N) is 1. The van der Waals surface area contributed by atoms with Crippen molar-refractivity contribution in [3.8, 4) is 11.8 Å². The Morgan fingerprint density at radius 1 is 1.04 bits per heavy atom. The summed E-state index contributed by atoms with van der Waals surface area (Å²) in [6.07, 6.45) is -0.472. The zero-order valence-electron chi connectivity index (χ0n) is 16.8. The number of benzene rings is 1. The maximum absolute atomic E-state index is 12.3. The van der Waals surface area contributed by atoms with E-state index in [1.165, 1.54) is 7.11 Å². The van der Waals surface area contributed by atoms with Crippen molar-refractivity contribution in [1.29, 1.82) is 5.26 Å². The fourth-order valence-corrected chi connectivity index (χ4v) is 2.45. The van der Waals surface area contributed by atoms with Crippen molar-refractivity contribution < 1.29 is 23.8 Å². The summed E-state index contributed by atoms with van der Waals surface area (Å²) in [6, 6.07) is 8.99. The lowest BCUT2D eigenvalue weighted by atomic mass is 9.76. The molecule has 0 amide bonds. The van der Waals surface area contributed by atoms with Gasteiger partial charge in [-0.1, -0.05) is 39.8 Å². The minimum atomic E-state index is -1.38. The molecular weight excluding hydrogens is 346 g/mol. The van der Waals surface area contributed by atoms with Gasteiger partial charge in [0.25, 0.3) is 0 Å². The zero-order valence-corrected chi connectivity index (χ0v) is 16.8. The largest absolute Gasteiger partial charge is 0.497 e. The van der Waals surface area contributed by atoms with E-state index in [0.29, 0.717) is 11.3 Å². The number of ether oxygens (including phenoxy) is 3. The quantitative estimate of drug-likeness (QED) is 0.581. The molecule has 6 nitrogen and oxygen atoms in total. The van der Waals surface area contributed by atoms with Gasteiger partial charge in [-0.25, -0.2) is 0 Å². The van der Waals surface area contributed by atoms with Crippen molar-refractivity contribution in [2.75, 3.05) is 20.3 Å². The van der Waals surface area contributed by atoms with Gasteiger partial charge in [0.15, 0.2) is 0 Å². The van der Waals surface area contributed by atoms with E-state index in [9.17, 15) is 14.9 Å². The summed E-state index contributed by atoms with van der Waals surface area (Å²) in [6.45, 7) is 8.23. The van der Waals surface area contributed by atoms with E-state index in [2.05, 4.69) is 6.07 Å². The lowest BCUT2D eigenvalue weighted by molar-refractivity contribution is -0.148. The number of nitriles is 1.